The van der Waals surface area contributed by atoms with Crippen LogP contribution in [0.1, 0.15) is 12.0 Å². The van der Waals surface area contributed by atoms with E-state index >= 15 is 0 Å². The van der Waals surface area contributed by atoms with E-state index in [1.54, 1.807) is 4.90 Å². The van der Waals surface area contributed by atoms with E-state index in [1.807, 2.05) is 0 Å². The Hall–Kier alpha value is -0.820. The quantitative estimate of drug-likeness (QED) is 0.554. The Labute approximate surface area is 67.6 Å². The molecule has 1 heterocycles. The molecule has 0 bridgehead atoms. The summed E-state index contributed by atoms with van der Waals surface area (Å²) in [6.07, 6.45) is 2.61. The highest BCUT2D eigenvalue weighted by Crippen LogP contribution is 2.14. The smallest absolute Gasteiger partial charge is 0.134 e. The summed E-state index contributed by atoms with van der Waals surface area (Å²) in [5, 5.41) is 0. The van der Waals surface area contributed by atoms with Crippen molar-refractivity contribution in [2.45, 2.75) is 12.8 Å². The maximum Gasteiger partial charge on any atom is 0.134 e. The van der Waals surface area contributed by atoms with Gasteiger partial charge in [0.2, 0.25) is 0 Å². The van der Waals surface area contributed by atoms with Gasteiger partial charge < -0.3 is 4.90 Å². The summed E-state index contributed by atoms with van der Waals surface area (Å²) in [5.74, 6) is 0. The Kier molecular flexibility index (Phi) is 1.66. The molecule has 1 aromatic rings. The highest BCUT2D eigenvalue weighted by Gasteiger charge is 2.16. The summed E-state index contributed by atoms with van der Waals surface area (Å²) in [4.78, 5) is 1.56. The van der Waals surface area contributed by atoms with Gasteiger partial charge in [0.05, 0.1) is 13.6 Å². The monoisotopic (exact) mass is 148 g/mol. The van der Waals surface area contributed by atoms with Crippen molar-refractivity contribution in [3.8, 4) is 0 Å². The minimum absolute atomic E-state index is 1.27. The van der Waals surface area contributed by atoms with E-state index in [4.69, 9.17) is 0 Å². The molecule has 0 saturated carbocycles. The average molecular weight is 148 g/mol. The fourth-order valence-electron chi connectivity index (χ4n) is 1.83. The maximum absolute atomic E-state index is 2.25. The van der Waals surface area contributed by atoms with Crippen LogP contribution in [0.3, 0.4) is 0 Å². The van der Waals surface area contributed by atoms with Crippen LogP contribution in [-0.2, 0) is 6.42 Å². The van der Waals surface area contributed by atoms with Crippen LogP contribution in [0.2, 0.25) is 0 Å². The molecule has 0 radical (unpaired) electrons. The molecule has 0 saturated heterocycles. The molecule has 1 unspecified atom stereocenters. The third kappa shape index (κ3) is 1.16. The lowest BCUT2D eigenvalue weighted by Gasteiger charge is -2.21. The lowest BCUT2D eigenvalue weighted by atomic mass is 10.0. The topological polar surface area (TPSA) is 4.44 Å². The van der Waals surface area contributed by atoms with Crippen molar-refractivity contribution >= 4 is 5.69 Å². The van der Waals surface area contributed by atoms with E-state index in [9.17, 15) is 0 Å². The normalized spacial score (nSPS) is 22.8. The highest BCUT2D eigenvalue weighted by molar-refractivity contribution is 5.40. The zero-order chi connectivity index (χ0) is 7.68. The molecule has 0 fully saturated rings. The van der Waals surface area contributed by atoms with Gasteiger partial charge in [-0.15, -0.1) is 0 Å². The molecule has 1 aromatic carbocycles. The van der Waals surface area contributed by atoms with E-state index in [0.29, 0.717) is 0 Å². The van der Waals surface area contributed by atoms with Crippen LogP contribution in [0.5, 0.6) is 0 Å². The highest BCUT2D eigenvalue weighted by atomic mass is 15.1. The van der Waals surface area contributed by atoms with Gasteiger partial charge >= 0.3 is 0 Å². The van der Waals surface area contributed by atoms with Crippen molar-refractivity contribution in [2.75, 3.05) is 13.6 Å². The van der Waals surface area contributed by atoms with Crippen molar-refractivity contribution in [3.63, 3.8) is 0 Å². The largest absolute Gasteiger partial charge is 0.305 e. The predicted molar refractivity (Wildman–Crippen MR) is 46.2 cm³/mol. The fraction of sp³-hybridized carbons (Fsp3) is 0.400. The number of hydrogen-bond donors (Lipinski definition) is 1. The Bertz CT molecular complexity index is 255. The van der Waals surface area contributed by atoms with Crippen molar-refractivity contribution in [1.29, 1.82) is 0 Å². The molecule has 11 heavy (non-hydrogen) atoms. The van der Waals surface area contributed by atoms with Crippen molar-refractivity contribution < 1.29 is 4.90 Å². The van der Waals surface area contributed by atoms with Gasteiger partial charge in [0.1, 0.15) is 5.69 Å². The first-order chi connectivity index (χ1) is 5.38. The first-order valence-electron chi connectivity index (χ1n) is 4.28. The van der Waals surface area contributed by atoms with Gasteiger partial charge in [-0.05, 0) is 12.5 Å². The van der Waals surface area contributed by atoms with E-state index in [0.717, 1.165) is 0 Å². The van der Waals surface area contributed by atoms with Crippen molar-refractivity contribution in [3.05, 3.63) is 29.8 Å². The number of fused-ring (bicyclic) bond motifs is 1. The molecule has 0 spiro atoms. The Morgan fingerprint density at radius 1 is 1.27 bits per heavy atom. The van der Waals surface area contributed by atoms with Crippen LogP contribution in [0.15, 0.2) is 24.3 Å². The van der Waals surface area contributed by atoms with Gasteiger partial charge in [0.25, 0.3) is 0 Å². The molecular formula is C10H14N+. The molecule has 1 N–H and O–H groups in total. The zero-order valence-corrected chi connectivity index (χ0v) is 6.93. The molecule has 1 nitrogen and oxygen atoms in total. The number of rotatable bonds is 0. The molecule has 58 valence electrons. The van der Waals surface area contributed by atoms with E-state index in [1.165, 1.54) is 30.6 Å². The number of nitrogens with one attached hydrogen (secondary N) is 1. The number of benzene rings is 1. The number of aryl methyl sites for hydroxylation is 1. The minimum atomic E-state index is 1.27. The molecule has 0 aliphatic carbocycles. The Morgan fingerprint density at radius 2 is 2.09 bits per heavy atom. The third-order valence-corrected chi connectivity index (χ3v) is 2.48. The lowest BCUT2D eigenvalue weighted by Crippen LogP contribution is -3.04. The molecule has 1 atom stereocenters. The standard InChI is InChI=1S/C10H13N/c1-11-8-4-6-9-5-2-3-7-10(9)11/h2-3,5,7H,4,6,8H2,1H3/p+1. The predicted octanol–water partition coefficient (Wildman–Crippen LogP) is 0.779. The SMILES string of the molecule is C[NH+]1CCCc2ccccc21. The second-order valence-electron chi connectivity index (χ2n) is 3.29. The van der Waals surface area contributed by atoms with Gasteiger partial charge in [-0.1, -0.05) is 18.2 Å². The van der Waals surface area contributed by atoms with Crippen LogP contribution in [0, 0.1) is 0 Å². The molecule has 0 amide bonds. The number of para-hydroxylation sites is 1. The summed E-state index contributed by atoms with van der Waals surface area (Å²) in [6, 6.07) is 8.76. The summed E-state index contributed by atoms with van der Waals surface area (Å²) in [7, 11) is 2.25. The number of hydrogen-bond acceptors (Lipinski definition) is 0. The van der Waals surface area contributed by atoms with Crippen LogP contribution in [0.25, 0.3) is 0 Å². The van der Waals surface area contributed by atoms with Gasteiger partial charge in [-0.25, -0.2) is 0 Å². The number of quaternary nitrogens is 1. The first kappa shape index (κ1) is 6.86. The maximum atomic E-state index is 2.25. The van der Waals surface area contributed by atoms with Crippen LogP contribution < -0.4 is 4.90 Å². The summed E-state index contributed by atoms with van der Waals surface area (Å²) >= 11 is 0. The lowest BCUT2D eigenvalue weighted by molar-refractivity contribution is -0.813. The van der Waals surface area contributed by atoms with Crippen LogP contribution in [-0.4, -0.2) is 13.6 Å². The van der Waals surface area contributed by atoms with E-state index in [2.05, 4.69) is 31.3 Å². The first-order valence-corrected chi connectivity index (χ1v) is 4.28. The molecule has 1 aliphatic heterocycles. The molecule has 2 rings (SSSR count). The van der Waals surface area contributed by atoms with Gasteiger partial charge in [-0.2, -0.15) is 0 Å². The van der Waals surface area contributed by atoms with Crippen LogP contribution in [0.4, 0.5) is 5.69 Å². The minimum Gasteiger partial charge on any atom is -0.305 e. The van der Waals surface area contributed by atoms with E-state index in [-0.39, 0.29) is 0 Å². The van der Waals surface area contributed by atoms with E-state index < -0.39 is 0 Å². The molecule has 1 aliphatic rings. The third-order valence-electron chi connectivity index (χ3n) is 2.48. The zero-order valence-electron chi connectivity index (χ0n) is 6.93. The second kappa shape index (κ2) is 2.67. The Balaban J connectivity index is 2.44. The molecular weight excluding hydrogens is 134 g/mol. The van der Waals surface area contributed by atoms with Crippen LogP contribution >= 0.6 is 0 Å². The summed E-state index contributed by atoms with van der Waals surface area (Å²) < 4.78 is 0. The van der Waals surface area contributed by atoms with Crippen molar-refractivity contribution in [2.24, 2.45) is 0 Å². The summed E-state index contributed by atoms with van der Waals surface area (Å²) in [5.41, 5.74) is 3.04. The fourth-order valence-corrected chi connectivity index (χ4v) is 1.83. The average Bonchev–Trinajstić information content (AvgIpc) is 2.06. The van der Waals surface area contributed by atoms with Gasteiger partial charge in [0.15, 0.2) is 0 Å². The van der Waals surface area contributed by atoms with Gasteiger partial charge in [-0.3, -0.25) is 0 Å². The second-order valence-corrected chi connectivity index (χ2v) is 3.29. The Morgan fingerprint density at radius 3 is 2.91 bits per heavy atom. The summed E-state index contributed by atoms with van der Waals surface area (Å²) in [6.45, 7) is 1.29. The van der Waals surface area contributed by atoms with Crippen molar-refractivity contribution in [1.82, 2.24) is 0 Å². The van der Waals surface area contributed by atoms with Gasteiger partial charge in [0, 0.05) is 12.0 Å². The molecule has 0 aromatic heterocycles. The molecule has 1 heteroatoms.